The Bertz CT molecular complexity index is 1040. The first-order valence-corrected chi connectivity index (χ1v) is 11.3. The number of rotatable bonds is 9. The Morgan fingerprint density at radius 2 is 1.80 bits per heavy atom. The number of carbonyl (C=O) groups excluding carboxylic acids is 3. The van der Waals surface area contributed by atoms with E-state index in [9.17, 15) is 22.8 Å². The highest BCUT2D eigenvalue weighted by Gasteiger charge is 2.20. The number of amides is 1. The van der Waals surface area contributed by atoms with Gasteiger partial charge in [-0.05, 0) is 44.7 Å². The van der Waals surface area contributed by atoms with Gasteiger partial charge in [-0.15, -0.1) is 11.3 Å². The molecule has 0 atom stereocenters. The molecule has 0 radical (unpaired) electrons. The molecule has 1 heterocycles. The largest absolute Gasteiger partial charge is 0.462 e. The third-order valence-corrected chi connectivity index (χ3v) is 6.47. The maximum Gasteiger partial charge on any atom is 0.341 e. The van der Waals surface area contributed by atoms with Crippen molar-refractivity contribution in [1.29, 1.82) is 0 Å². The molecule has 0 unspecified atom stereocenters. The number of hydrogen-bond acceptors (Lipinski definition) is 8. The first kappa shape index (κ1) is 23.5. The van der Waals surface area contributed by atoms with E-state index in [0.717, 1.165) is 10.9 Å². The fraction of sp³-hybridized carbons (Fsp3) is 0.316. The second-order valence-corrected chi connectivity index (χ2v) is 8.91. The van der Waals surface area contributed by atoms with Crippen LogP contribution in [0.1, 0.15) is 39.4 Å². The zero-order valence-electron chi connectivity index (χ0n) is 16.7. The molecule has 2 aromatic rings. The van der Waals surface area contributed by atoms with Gasteiger partial charge in [-0.2, -0.15) is 0 Å². The monoisotopic (exact) mass is 454 g/mol. The van der Waals surface area contributed by atoms with Crippen molar-refractivity contribution in [2.24, 2.45) is 0 Å². The summed E-state index contributed by atoms with van der Waals surface area (Å²) in [4.78, 5) is 37.2. The smallest absolute Gasteiger partial charge is 0.341 e. The Morgan fingerprint density at radius 1 is 1.07 bits per heavy atom. The highest BCUT2D eigenvalue weighted by Crippen LogP contribution is 2.29. The van der Waals surface area contributed by atoms with Crippen molar-refractivity contribution >= 4 is 44.2 Å². The van der Waals surface area contributed by atoms with E-state index in [4.69, 9.17) is 9.47 Å². The number of esters is 2. The summed E-state index contributed by atoms with van der Waals surface area (Å²) in [5, 5.41) is 2.87. The van der Waals surface area contributed by atoms with Crippen LogP contribution in [0.25, 0.3) is 0 Å². The molecule has 2 rings (SSSR count). The van der Waals surface area contributed by atoms with E-state index in [1.165, 1.54) is 36.6 Å². The van der Waals surface area contributed by atoms with Crippen molar-refractivity contribution in [3.63, 3.8) is 0 Å². The van der Waals surface area contributed by atoms with Gasteiger partial charge in [-0.3, -0.25) is 4.79 Å². The normalized spacial score (nSPS) is 11.0. The van der Waals surface area contributed by atoms with Crippen LogP contribution in [0.5, 0.6) is 0 Å². The summed E-state index contributed by atoms with van der Waals surface area (Å²) < 4.78 is 35.8. The predicted molar refractivity (Wildman–Crippen MR) is 111 cm³/mol. The lowest BCUT2D eigenvalue weighted by molar-refractivity contribution is -0.119. The number of carbonyl (C=O) groups is 3. The molecule has 0 saturated carbocycles. The molecule has 0 aliphatic carbocycles. The van der Waals surface area contributed by atoms with E-state index >= 15 is 0 Å². The number of sulfonamides is 1. The highest BCUT2D eigenvalue weighted by atomic mass is 32.2. The van der Waals surface area contributed by atoms with Crippen LogP contribution < -0.4 is 10.0 Å². The lowest BCUT2D eigenvalue weighted by Gasteiger charge is -2.08. The molecule has 1 aromatic carbocycles. The molecule has 0 spiro atoms. The third-order valence-electron chi connectivity index (χ3n) is 3.86. The third kappa shape index (κ3) is 5.88. The standard InChI is InChI=1S/C19H22N2O7S2/c1-4-13-10-15(19(24)27-5-2)17(29-13)21-16(22)11-28-18(23)12-7-6-8-14(9-12)30(25,26)20-3/h6-10,20H,4-5,11H2,1-3H3,(H,21,22). The van der Waals surface area contributed by atoms with Crippen molar-refractivity contribution in [2.75, 3.05) is 25.6 Å². The molecule has 0 saturated heterocycles. The molecule has 1 amide bonds. The minimum absolute atomic E-state index is 0.0178. The number of thiophene rings is 1. The highest BCUT2D eigenvalue weighted by molar-refractivity contribution is 7.89. The Balaban J connectivity index is 2.05. The summed E-state index contributed by atoms with van der Waals surface area (Å²) in [6.07, 6.45) is 0.674. The molecule has 0 aliphatic rings. The Labute approximate surface area is 178 Å². The molecule has 0 bridgehead atoms. The van der Waals surface area contributed by atoms with Crippen molar-refractivity contribution in [3.05, 3.63) is 46.3 Å². The van der Waals surface area contributed by atoms with Gasteiger partial charge in [0.1, 0.15) is 5.00 Å². The Hall–Kier alpha value is -2.76. The van der Waals surface area contributed by atoms with E-state index in [1.807, 2.05) is 6.92 Å². The van der Waals surface area contributed by atoms with Crippen LogP contribution in [0, 0.1) is 0 Å². The van der Waals surface area contributed by atoms with Crippen LogP contribution >= 0.6 is 11.3 Å². The fourth-order valence-electron chi connectivity index (χ4n) is 2.35. The van der Waals surface area contributed by atoms with Gasteiger partial charge < -0.3 is 14.8 Å². The van der Waals surface area contributed by atoms with Crippen LogP contribution in [-0.4, -0.2) is 46.5 Å². The molecular weight excluding hydrogens is 432 g/mol. The van der Waals surface area contributed by atoms with E-state index < -0.39 is 34.5 Å². The van der Waals surface area contributed by atoms with Crippen LogP contribution in [0.2, 0.25) is 0 Å². The molecular formula is C19H22N2O7S2. The van der Waals surface area contributed by atoms with E-state index in [0.29, 0.717) is 11.4 Å². The zero-order chi connectivity index (χ0) is 22.3. The minimum Gasteiger partial charge on any atom is -0.462 e. The summed E-state index contributed by atoms with van der Waals surface area (Å²) in [6, 6.07) is 6.90. The van der Waals surface area contributed by atoms with Crippen LogP contribution in [0.15, 0.2) is 35.2 Å². The lowest BCUT2D eigenvalue weighted by atomic mass is 10.2. The van der Waals surface area contributed by atoms with Crippen LogP contribution in [0.4, 0.5) is 5.00 Å². The molecule has 9 nitrogen and oxygen atoms in total. The van der Waals surface area contributed by atoms with Gasteiger partial charge >= 0.3 is 11.9 Å². The quantitative estimate of drug-likeness (QED) is 0.556. The van der Waals surface area contributed by atoms with Gasteiger partial charge in [-0.25, -0.2) is 22.7 Å². The number of anilines is 1. The average Bonchev–Trinajstić information content (AvgIpc) is 3.15. The minimum atomic E-state index is -3.72. The molecule has 162 valence electrons. The van der Waals surface area contributed by atoms with Crippen LogP contribution in [0.3, 0.4) is 0 Å². The van der Waals surface area contributed by atoms with Gasteiger partial charge in [0.2, 0.25) is 10.0 Å². The van der Waals surface area contributed by atoms with E-state index in [1.54, 1.807) is 13.0 Å². The van der Waals surface area contributed by atoms with Gasteiger partial charge in [0, 0.05) is 4.88 Å². The van der Waals surface area contributed by atoms with E-state index in [-0.39, 0.29) is 22.6 Å². The van der Waals surface area contributed by atoms with Gasteiger partial charge in [0.05, 0.1) is 22.6 Å². The lowest BCUT2D eigenvalue weighted by Crippen LogP contribution is -2.22. The number of ether oxygens (including phenoxy) is 2. The number of hydrogen-bond donors (Lipinski definition) is 2. The van der Waals surface area contributed by atoms with Crippen molar-refractivity contribution in [2.45, 2.75) is 25.2 Å². The topological polar surface area (TPSA) is 128 Å². The first-order chi connectivity index (χ1) is 14.2. The molecule has 30 heavy (non-hydrogen) atoms. The first-order valence-electron chi connectivity index (χ1n) is 9.02. The zero-order valence-corrected chi connectivity index (χ0v) is 18.3. The summed E-state index contributed by atoms with van der Waals surface area (Å²) in [7, 11) is -2.47. The second kappa shape index (κ2) is 10.3. The summed E-state index contributed by atoms with van der Waals surface area (Å²) >= 11 is 1.23. The van der Waals surface area contributed by atoms with Gasteiger partial charge in [0.25, 0.3) is 5.91 Å². The number of aryl methyl sites for hydroxylation is 1. The summed E-state index contributed by atoms with van der Waals surface area (Å²) in [5.41, 5.74) is 0.221. The summed E-state index contributed by atoms with van der Waals surface area (Å²) in [6.45, 7) is 3.18. The predicted octanol–water partition coefficient (Wildman–Crippen LogP) is 2.19. The maximum atomic E-state index is 12.2. The van der Waals surface area contributed by atoms with Crippen molar-refractivity contribution < 1.29 is 32.3 Å². The SMILES string of the molecule is CCOC(=O)c1cc(CC)sc1NC(=O)COC(=O)c1cccc(S(=O)(=O)NC)c1. The molecule has 0 aliphatic heterocycles. The Morgan fingerprint density at radius 3 is 2.43 bits per heavy atom. The average molecular weight is 455 g/mol. The van der Waals surface area contributed by atoms with Crippen LogP contribution in [-0.2, 0) is 30.7 Å². The molecule has 1 aromatic heterocycles. The molecule has 0 fully saturated rings. The van der Waals surface area contributed by atoms with Crippen molar-refractivity contribution in [1.82, 2.24) is 4.72 Å². The Kier molecular flexibility index (Phi) is 8.09. The molecule has 2 N–H and O–H groups in total. The maximum absolute atomic E-state index is 12.2. The number of nitrogens with one attached hydrogen (secondary N) is 2. The van der Waals surface area contributed by atoms with Gasteiger partial charge in [0.15, 0.2) is 6.61 Å². The van der Waals surface area contributed by atoms with E-state index in [2.05, 4.69) is 10.0 Å². The van der Waals surface area contributed by atoms with Gasteiger partial charge in [-0.1, -0.05) is 13.0 Å². The summed E-state index contributed by atoms with van der Waals surface area (Å²) in [5.74, 6) is -2.05. The fourth-order valence-corrected chi connectivity index (χ4v) is 4.13. The molecule has 11 heteroatoms. The number of benzene rings is 1. The second-order valence-electron chi connectivity index (χ2n) is 5.89. The van der Waals surface area contributed by atoms with Crippen molar-refractivity contribution in [3.8, 4) is 0 Å².